The van der Waals surface area contributed by atoms with Crippen molar-refractivity contribution in [3.8, 4) is 11.5 Å². The second kappa shape index (κ2) is 5.09. The van der Waals surface area contributed by atoms with Crippen LogP contribution in [-0.2, 0) is 6.54 Å². The molecule has 1 N–H and O–H groups in total. The Morgan fingerprint density at radius 2 is 1.81 bits per heavy atom. The molecule has 3 rings (SSSR count). The number of benzene rings is 2. The Labute approximate surface area is 122 Å². The predicted molar refractivity (Wildman–Crippen MR) is 79.0 cm³/mol. The van der Waals surface area contributed by atoms with Crippen LogP contribution in [0.5, 0.6) is 11.5 Å². The van der Waals surface area contributed by atoms with Crippen LogP contribution in [0, 0.1) is 11.2 Å². The summed E-state index contributed by atoms with van der Waals surface area (Å²) in [6.07, 6.45) is 0. The fourth-order valence-electron chi connectivity index (χ4n) is 2.51. The Morgan fingerprint density at radius 1 is 1.05 bits per heavy atom. The van der Waals surface area contributed by atoms with E-state index in [2.05, 4.69) is 0 Å². The van der Waals surface area contributed by atoms with E-state index in [0.29, 0.717) is 23.6 Å². The lowest BCUT2D eigenvalue weighted by Crippen LogP contribution is -2.23. The van der Waals surface area contributed by atoms with Crippen LogP contribution in [0.3, 0.4) is 0 Å². The molecule has 108 valence electrons. The minimum absolute atomic E-state index is 0.289. The summed E-state index contributed by atoms with van der Waals surface area (Å²) in [5.41, 5.74) is 2.38. The van der Waals surface area contributed by atoms with Crippen molar-refractivity contribution in [1.29, 1.82) is 5.41 Å². The van der Waals surface area contributed by atoms with Crippen LogP contribution in [0.2, 0.25) is 0 Å². The largest absolute Gasteiger partial charge is 0.493 e. The van der Waals surface area contributed by atoms with Crippen molar-refractivity contribution in [3.63, 3.8) is 0 Å². The zero-order valence-electron chi connectivity index (χ0n) is 11.8. The third-order valence-electron chi connectivity index (χ3n) is 3.60. The fourth-order valence-corrected chi connectivity index (χ4v) is 2.51. The van der Waals surface area contributed by atoms with E-state index in [1.54, 1.807) is 26.4 Å². The first-order valence-electron chi connectivity index (χ1n) is 6.51. The number of fused-ring (bicyclic) bond motifs is 1. The Morgan fingerprint density at radius 3 is 2.52 bits per heavy atom. The van der Waals surface area contributed by atoms with Gasteiger partial charge in [0.25, 0.3) is 0 Å². The maximum absolute atomic E-state index is 13.3. The molecule has 0 radical (unpaired) electrons. The van der Waals surface area contributed by atoms with Crippen LogP contribution >= 0.6 is 0 Å². The van der Waals surface area contributed by atoms with Crippen molar-refractivity contribution in [3.05, 3.63) is 53.3 Å². The van der Waals surface area contributed by atoms with Crippen LogP contribution in [0.25, 0.3) is 0 Å². The number of methoxy groups -OCH3 is 2. The summed E-state index contributed by atoms with van der Waals surface area (Å²) in [7, 11) is 3.15. The summed E-state index contributed by atoms with van der Waals surface area (Å²) in [6.45, 7) is 0.546. The molecule has 1 heterocycles. The number of anilines is 1. The molecular formula is C16H15FN2O2. The van der Waals surface area contributed by atoms with E-state index >= 15 is 0 Å². The van der Waals surface area contributed by atoms with Gasteiger partial charge in [-0.2, -0.15) is 0 Å². The third kappa shape index (κ3) is 2.20. The van der Waals surface area contributed by atoms with E-state index in [0.717, 1.165) is 11.3 Å². The van der Waals surface area contributed by atoms with Crippen LogP contribution in [0.4, 0.5) is 10.1 Å². The highest BCUT2D eigenvalue weighted by molar-refractivity contribution is 6.11. The van der Waals surface area contributed by atoms with Gasteiger partial charge >= 0.3 is 0 Å². The average Bonchev–Trinajstić information content (AvgIpc) is 2.83. The minimum atomic E-state index is -0.326. The lowest BCUT2D eigenvalue weighted by molar-refractivity contribution is 0.355. The van der Waals surface area contributed by atoms with E-state index in [9.17, 15) is 4.39 Å². The van der Waals surface area contributed by atoms with Gasteiger partial charge in [0.1, 0.15) is 11.7 Å². The number of rotatable bonds is 3. The van der Waals surface area contributed by atoms with Gasteiger partial charge in [-0.25, -0.2) is 4.39 Å². The summed E-state index contributed by atoms with van der Waals surface area (Å²) in [6, 6.07) is 10.0. The molecule has 2 aromatic carbocycles. The second-order valence-corrected chi connectivity index (χ2v) is 4.78. The summed E-state index contributed by atoms with van der Waals surface area (Å²) in [4.78, 5) is 1.81. The first-order valence-corrected chi connectivity index (χ1v) is 6.51. The van der Waals surface area contributed by atoms with Gasteiger partial charge in [-0.3, -0.25) is 5.41 Å². The Kier molecular flexibility index (Phi) is 3.25. The molecule has 0 aromatic heterocycles. The molecule has 0 atom stereocenters. The molecule has 0 bridgehead atoms. The molecular weight excluding hydrogens is 271 g/mol. The quantitative estimate of drug-likeness (QED) is 0.942. The summed E-state index contributed by atoms with van der Waals surface area (Å²) < 4.78 is 23.8. The highest BCUT2D eigenvalue weighted by Gasteiger charge is 2.26. The number of hydrogen-bond donors (Lipinski definition) is 1. The fraction of sp³-hybridized carbons (Fsp3) is 0.188. The van der Waals surface area contributed by atoms with Gasteiger partial charge in [0.15, 0.2) is 11.5 Å². The number of hydrogen-bond acceptors (Lipinski definition) is 3. The van der Waals surface area contributed by atoms with E-state index in [1.807, 2.05) is 17.0 Å². The van der Waals surface area contributed by atoms with Gasteiger partial charge in [0.2, 0.25) is 0 Å². The summed E-state index contributed by atoms with van der Waals surface area (Å²) in [5.74, 6) is 1.20. The topological polar surface area (TPSA) is 45.5 Å². The van der Waals surface area contributed by atoms with Crippen molar-refractivity contribution in [2.24, 2.45) is 0 Å². The maximum atomic E-state index is 13.3. The molecule has 2 aromatic rings. The molecule has 1 aliphatic rings. The van der Waals surface area contributed by atoms with Gasteiger partial charge in [0, 0.05) is 17.3 Å². The summed E-state index contributed by atoms with van der Waals surface area (Å²) in [5, 5.41) is 8.24. The van der Waals surface area contributed by atoms with E-state index in [-0.39, 0.29) is 11.7 Å². The number of ether oxygens (including phenoxy) is 2. The van der Waals surface area contributed by atoms with E-state index < -0.39 is 0 Å². The van der Waals surface area contributed by atoms with Crippen LogP contribution in [-0.4, -0.2) is 20.1 Å². The van der Waals surface area contributed by atoms with Crippen molar-refractivity contribution < 1.29 is 13.9 Å². The molecule has 0 saturated carbocycles. The molecule has 21 heavy (non-hydrogen) atoms. The lowest BCUT2D eigenvalue weighted by atomic mass is 10.1. The van der Waals surface area contributed by atoms with Gasteiger partial charge in [-0.05, 0) is 29.8 Å². The first-order chi connectivity index (χ1) is 10.1. The van der Waals surface area contributed by atoms with Crippen molar-refractivity contribution in [2.75, 3.05) is 19.1 Å². The highest BCUT2D eigenvalue weighted by atomic mass is 19.1. The van der Waals surface area contributed by atoms with Gasteiger partial charge in [-0.15, -0.1) is 0 Å². The maximum Gasteiger partial charge on any atom is 0.162 e. The third-order valence-corrected chi connectivity index (χ3v) is 3.60. The Bertz CT molecular complexity index is 715. The van der Waals surface area contributed by atoms with Gasteiger partial charge in [0.05, 0.1) is 20.8 Å². The van der Waals surface area contributed by atoms with Gasteiger partial charge < -0.3 is 14.4 Å². The Balaban J connectivity index is 1.98. The van der Waals surface area contributed by atoms with E-state index in [1.165, 1.54) is 12.1 Å². The normalized spacial score (nSPS) is 13.3. The standard InChI is InChI=1S/C16H15FN2O2/c1-20-14-6-5-12(8-15(14)21-2)19-9-10-3-4-11(17)7-13(10)16(19)18/h3-8,18H,9H2,1-2H3. The molecule has 4 nitrogen and oxygen atoms in total. The molecule has 5 heteroatoms. The number of nitrogens with one attached hydrogen (secondary N) is 1. The monoisotopic (exact) mass is 286 g/mol. The molecule has 0 amide bonds. The van der Waals surface area contributed by atoms with Crippen molar-refractivity contribution in [2.45, 2.75) is 6.54 Å². The zero-order chi connectivity index (χ0) is 15.0. The van der Waals surface area contributed by atoms with Crippen molar-refractivity contribution >= 4 is 11.5 Å². The summed E-state index contributed by atoms with van der Waals surface area (Å²) >= 11 is 0. The smallest absolute Gasteiger partial charge is 0.162 e. The number of halogens is 1. The number of amidine groups is 1. The molecule has 0 saturated heterocycles. The zero-order valence-corrected chi connectivity index (χ0v) is 11.8. The van der Waals surface area contributed by atoms with Crippen LogP contribution < -0.4 is 14.4 Å². The minimum Gasteiger partial charge on any atom is -0.493 e. The molecule has 0 unspecified atom stereocenters. The van der Waals surface area contributed by atoms with Crippen LogP contribution in [0.15, 0.2) is 36.4 Å². The SMILES string of the molecule is COc1ccc(N2Cc3ccc(F)cc3C2=N)cc1OC. The first kappa shape index (κ1) is 13.4. The number of nitrogens with zero attached hydrogens (tertiary/aromatic N) is 1. The Hall–Kier alpha value is -2.56. The molecule has 0 fully saturated rings. The second-order valence-electron chi connectivity index (χ2n) is 4.78. The van der Waals surface area contributed by atoms with Crippen LogP contribution in [0.1, 0.15) is 11.1 Å². The van der Waals surface area contributed by atoms with Crippen molar-refractivity contribution in [1.82, 2.24) is 0 Å². The highest BCUT2D eigenvalue weighted by Crippen LogP contribution is 2.35. The predicted octanol–water partition coefficient (Wildman–Crippen LogP) is 3.19. The molecule has 0 spiro atoms. The lowest BCUT2D eigenvalue weighted by Gasteiger charge is -2.19. The molecule has 1 aliphatic heterocycles. The van der Waals surface area contributed by atoms with Gasteiger partial charge in [-0.1, -0.05) is 6.07 Å². The average molecular weight is 286 g/mol. The molecule has 0 aliphatic carbocycles. The van der Waals surface area contributed by atoms with E-state index in [4.69, 9.17) is 14.9 Å².